The van der Waals surface area contributed by atoms with Gasteiger partial charge in [-0.3, -0.25) is 9.59 Å². The number of hydrogen-bond donors (Lipinski definition) is 2. The van der Waals surface area contributed by atoms with Crippen LogP contribution in [0.15, 0.2) is 27.8 Å². The lowest BCUT2D eigenvalue weighted by Gasteiger charge is -2.19. The van der Waals surface area contributed by atoms with Crippen LogP contribution in [0.1, 0.15) is 25.5 Å². The van der Waals surface area contributed by atoms with Crippen LogP contribution >= 0.6 is 0 Å². The van der Waals surface area contributed by atoms with E-state index in [1.807, 2.05) is 24.0 Å². The molecule has 2 N–H and O–H groups in total. The standard InChI is InChI=1S/C18H29N5O3/c1-4-16(24)23-10-8-14(13-23)21-18(20-12-17(25)22(2)3)19-9-7-15-6-5-11-26-15/h5-6,11,14H,4,7-10,12-13H2,1-3H3,(H2,19,20,21). The molecule has 1 fully saturated rings. The minimum absolute atomic E-state index is 0.0636. The van der Waals surface area contributed by atoms with Crippen molar-refractivity contribution in [2.24, 2.45) is 4.99 Å². The summed E-state index contributed by atoms with van der Waals surface area (Å²) >= 11 is 0. The first-order valence-corrected chi connectivity index (χ1v) is 9.04. The van der Waals surface area contributed by atoms with Gasteiger partial charge in [0.15, 0.2) is 5.96 Å². The van der Waals surface area contributed by atoms with Crippen LogP contribution in [0.25, 0.3) is 0 Å². The minimum atomic E-state index is -0.0636. The van der Waals surface area contributed by atoms with Gasteiger partial charge in [-0.2, -0.15) is 0 Å². The van der Waals surface area contributed by atoms with E-state index in [0.717, 1.165) is 25.1 Å². The number of nitrogens with one attached hydrogen (secondary N) is 2. The third-order valence-electron chi connectivity index (χ3n) is 4.30. The molecular formula is C18H29N5O3. The zero-order valence-corrected chi connectivity index (χ0v) is 15.8. The SMILES string of the molecule is CCC(=O)N1CCC(NC(=NCC(=O)N(C)C)NCCc2ccco2)C1. The fourth-order valence-electron chi connectivity index (χ4n) is 2.72. The van der Waals surface area contributed by atoms with Gasteiger partial charge in [-0.1, -0.05) is 6.92 Å². The zero-order valence-electron chi connectivity index (χ0n) is 15.8. The predicted octanol–water partition coefficient (Wildman–Crippen LogP) is 0.456. The molecule has 0 spiro atoms. The van der Waals surface area contributed by atoms with E-state index in [1.165, 1.54) is 4.90 Å². The summed E-state index contributed by atoms with van der Waals surface area (Å²) in [6.07, 6.45) is 3.76. The lowest BCUT2D eigenvalue weighted by atomic mass is 10.3. The molecule has 0 saturated carbocycles. The van der Waals surface area contributed by atoms with Crippen molar-refractivity contribution in [3.63, 3.8) is 0 Å². The molecule has 8 nitrogen and oxygen atoms in total. The van der Waals surface area contributed by atoms with Gasteiger partial charge in [-0.25, -0.2) is 4.99 Å². The van der Waals surface area contributed by atoms with Crippen molar-refractivity contribution >= 4 is 17.8 Å². The Morgan fingerprint density at radius 3 is 2.88 bits per heavy atom. The number of nitrogens with zero attached hydrogens (tertiary/aromatic N) is 3. The van der Waals surface area contributed by atoms with E-state index >= 15 is 0 Å². The number of hydrogen-bond acceptors (Lipinski definition) is 4. The summed E-state index contributed by atoms with van der Waals surface area (Å²) in [7, 11) is 3.42. The van der Waals surface area contributed by atoms with Crippen molar-refractivity contribution in [3.05, 3.63) is 24.2 Å². The number of carbonyl (C=O) groups is 2. The van der Waals surface area contributed by atoms with Crippen LogP contribution in [0, 0.1) is 0 Å². The first-order chi connectivity index (χ1) is 12.5. The van der Waals surface area contributed by atoms with Crippen LogP contribution in [-0.2, 0) is 16.0 Å². The van der Waals surface area contributed by atoms with E-state index in [-0.39, 0.29) is 24.4 Å². The van der Waals surface area contributed by atoms with Gasteiger partial charge in [0.05, 0.1) is 6.26 Å². The molecule has 0 bridgehead atoms. The molecule has 2 heterocycles. The summed E-state index contributed by atoms with van der Waals surface area (Å²) in [4.78, 5) is 31.4. The Hall–Kier alpha value is -2.51. The highest BCUT2D eigenvalue weighted by Gasteiger charge is 2.25. The highest BCUT2D eigenvalue weighted by Crippen LogP contribution is 2.10. The number of carbonyl (C=O) groups excluding carboxylic acids is 2. The van der Waals surface area contributed by atoms with Crippen LogP contribution in [-0.4, -0.2) is 73.9 Å². The molecule has 1 aromatic rings. The molecule has 1 aliphatic heterocycles. The largest absolute Gasteiger partial charge is 0.469 e. The Kier molecular flexibility index (Phi) is 7.50. The molecule has 0 aromatic carbocycles. The number of likely N-dealkylation sites (N-methyl/N-ethyl adjacent to an activating group) is 1. The first-order valence-electron chi connectivity index (χ1n) is 9.04. The molecule has 2 rings (SSSR count). The number of guanidine groups is 1. The van der Waals surface area contributed by atoms with Crippen molar-refractivity contribution in [2.45, 2.75) is 32.2 Å². The number of aliphatic imine (C=N–C) groups is 1. The maximum Gasteiger partial charge on any atom is 0.243 e. The summed E-state index contributed by atoms with van der Waals surface area (Å²) in [6.45, 7) is 4.00. The maximum absolute atomic E-state index is 11.8. The Bertz CT molecular complexity index is 612. The Morgan fingerprint density at radius 2 is 2.23 bits per heavy atom. The molecule has 1 aliphatic rings. The smallest absolute Gasteiger partial charge is 0.243 e. The molecule has 8 heteroatoms. The third-order valence-corrected chi connectivity index (χ3v) is 4.30. The van der Waals surface area contributed by atoms with Crippen LogP contribution in [0.4, 0.5) is 0 Å². The second-order valence-corrected chi connectivity index (χ2v) is 6.53. The van der Waals surface area contributed by atoms with Gasteiger partial charge in [-0.05, 0) is 18.6 Å². The fraction of sp³-hybridized carbons (Fsp3) is 0.611. The molecule has 1 saturated heterocycles. The van der Waals surface area contributed by atoms with Crippen molar-refractivity contribution < 1.29 is 14.0 Å². The second kappa shape index (κ2) is 9.84. The summed E-state index contributed by atoms with van der Waals surface area (Å²) in [5, 5.41) is 6.58. The van der Waals surface area contributed by atoms with E-state index in [2.05, 4.69) is 15.6 Å². The normalized spacial score (nSPS) is 17.3. The van der Waals surface area contributed by atoms with Gasteiger partial charge < -0.3 is 24.9 Å². The average molecular weight is 363 g/mol. The van der Waals surface area contributed by atoms with Gasteiger partial charge in [0.25, 0.3) is 0 Å². The van der Waals surface area contributed by atoms with Crippen molar-refractivity contribution in [1.29, 1.82) is 0 Å². The number of furan rings is 1. The number of rotatable bonds is 7. The van der Waals surface area contributed by atoms with E-state index in [4.69, 9.17) is 4.42 Å². The Labute approximate surface area is 154 Å². The zero-order chi connectivity index (χ0) is 18.9. The Morgan fingerprint density at radius 1 is 1.42 bits per heavy atom. The third kappa shape index (κ3) is 6.09. The molecule has 0 radical (unpaired) electrons. The quantitative estimate of drug-likeness (QED) is 0.542. The van der Waals surface area contributed by atoms with Crippen molar-refractivity contribution in [1.82, 2.24) is 20.4 Å². The highest BCUT2D eigenvalue weighted by atomic mass is 16.3. The molecular weight excluding hydrogens is 334 g/mol. The Balaban J connectivity index is 1.90. The fourth-order valence-corrected chi connectivity index (χ4v) is 2.72. The lowest BCUT2D eigenvalue weighted by molar-refractivity contribution is -0.130. The average Bonchev–Trinajstić information content (AvgIpc) is 3.30. The monoisotopic (exact) mass is 363 g/mol. The summed E-state index contributed by atoms with van der Waals surface area (Å²) < 4.78 is 5.33. The van der Waals surface area contributed by atoms with Crippen molar-refractivity contribution in [3.8, 4) is 0 Å². The van der Waals surface area contributed by atoms with Crippen LogP contribution < -0.4 is 10.6 Å². The summed E-state index contributed by atoms with van der Waals surface area (Å²) in [5.74, 6) is 1.58. The van der Waals surface area contributed by atoms with E-state index in [1.54, 1.807) is 20.4 Å². The number of amides is 2. The van der Waals surface area contributed by atoms with E-state index in [9.17, 15) is 9.59 Å². The topological polar surface area (TPSA) is 90.2 Å². The van der Waals surface area contributed by atoms with Gasteiger partial charge >= 0.3 is 0 Å². The van der Waals surface area contributed by atoms with E-state index < -0.39 is 0 Å². The molecule has 1 unspecified atom stereocenters. The maximum atomic E-state index is 11.8. The summed E-state index contributed by atoms with van der Waals surface area (Å²) in [6, 6.07) is 3.91. The number of likely N-dealkylation sites (tertiary alicyclic amines) is 1. The molecule has 26 heavy (non-hydrogen) atoms. The minimum Gasteiger partial charge on any atom is -0.469 e. The highest BCUT2D eigenvalue weighted by molar-refractivity contribution is 5.85. The van der Waals surface area contributed by atoms with E-state index in [0.29, 0.717) is 25.5 Å². The molecule has 0 aliphatic carbocycles. The molecule has 1 aromatic heterocycles. The van der Waals surface area contributed by atoms with Crippen LogP contribution in [0.5, 0.6) is 0 Å². The molecule has 144 valence electrons. The van der Waals surface area contributed by atoms with Gasteiger partial charge in [0, 0.05) is 52.6 Å². The predicted molar refractivity (Wildman–Crippen MR) is 99.8 cm³/mol. The van der Waals surface area contributed by atoms with Crippen LogP contribution in [0.3, 0.4) is 0 Å². The first kappa shape index (κ1) is 19.8. The van der Waals surface area contributed by atoms with Crippen molar-refractivity contribution in [2.75, 3.05) is 40.3 Å². The van der Waals surface area contributed by atoms with Gasteiger partial charge in [0.2, 0.25) is 11.8 Å². The van der Waals surface area contributed by atoms with Gasteiger partial charge in [-0.15, -0.1) is 0 Å². The van der Waals surface area contributed by atoms with Gasteiger partial charge in [0.1, 0.15) is 12.3 Å². The molecule has 1 atom stereocenters. The molecule has 2 amide bonds. The van der Waals surface area contributed by atoms with Crippen LogP contribution in [0.2, 0.25) is 0 Å². The summed E-state index contributed by atoms with van der Waals surface area (Å²) in [5.41, 5.74) is 0. The second-order valence-electron chi connectivity index (χ2n) is 6.53. The lowest BCUT2D eigenvalue weighted by Crippen LogP contribution is -2.46.